The van der Waals surface area contributed by atoms with Crippen LogP contribution in [0.4, 0.5) is 0 Å². The molecule has 0 aromatic carbocycles. The molecular weight excluding hydrogens is 485 g/mol. The van der Waals surface area contributed by atoms with Crippen LogP contribution in [-0.2, 0) is 17.7 Å². The van der Waals surface area contributed by atoms with E-state index in [9.17, 15) is 0 Å². The summed E-state index contributed by atoms with van der Waals surface area (Å²) in [6, 6.07) is 3.44. The Bertz CT molecular complexity index is 648. The number of ether oxygens (including phenoxy) is 1. The van der Waals surface area contributed by atoms with Crippen molar-refractivity contribution in [3.8, 4) is 0 Å². The summed E-state index contributed by atoms with van der Waals surface area (Å²) in [6.07, 6.45) is 2.42. The maximum atomic E-state index is 5.50. The molecule has 8 heteroatoms. The van der Waals surface area contributed by atoms with Gasteiger partial charge in [0.2, 0.25) is 0 Å². The number of nitrogens with one attached hydrogen (secondary N) is 1. The number of halogens is 1. The number of likely N-dealkylation sites (tertiary alicyclic amines) is 1. The number of aliphatic imine (C=N–C) groups is 1. The minimum absolute atomic E-state index is 0. The molecule has 0 saturated carbocycles. The van der Waals surface area contributed by atoms with Gasteiger partial charge in [0, 0.05) is 69.8 Å². The summed E-state index contributed by atoms with van der Waals surface area (Å²) in [5.41, 5.74) is 1.52. The maximum Gasteiger partial charge on any atom is 0.193 e. The highest BCUT2D eigenvalue weighted by molar-refractivity contribution is 14.0. The second-order valence-corrected chi connectivity index (χ2v) is 8.90. The van der Waals surface area contributed by atoms with Crippen molar-refractivity contribution in [2.75, 3.05) is 59.5 Å². The van der Waals surface area contributed by atoms with E-state index in [0.29, 0.717) is 12.1 Å². The van der Waals surface area contributed by atoms with E-state index in [2.05, 4.69) is 43.4 Å². The lowest BCUT2D eigenvalue weighted by Gasteiger charge is -2.34. The second-order valence-electron chi connectivity index (χ2n) is 7.90. The third-order valence-corrected chi connectivity index (χ3v) is 7.28. The summed E-state index contributed by atoms with van der Waals surface area (Å²) < 4.78 is 5.50. The molecule has 1 aromatic heterocycles. The van der Waals surface area contributed by atoms with Crippen LogP contribution in [0.3, 0.4) is 0 Å². The van der Waals surface area contributed by atoms with Crippen LogP contribution in [0.1, 0.15) is 23.8 Å². The molecule has 2 unspecified atom stereocenters. The summed E-state index contributed by atoms with van der Waals surface area (Å²) in [6.45, 7) is 11.6. The molecule has 2 fully saturated rings. The van der Waals surface area contributed by atoms with Crippen molar-refractivity contribution in [3.05, 3.63) is 21.9 Å². The van der Waals surface area contributed by atoms with E-state index in [1.54, 1.807) is 4.88 Å². The zero-order valence-electron chi connectivity index (χ0n) is 17.1. The molecule has 1 N–H and O–H groups in total. The lowest BCUT2D eigenvalue weighted by atomic mass is 10.1. The number of rotatable bonds is 4. The lowest BCUT2D eigenvalue weighted by molar-refractivity contribution is 0.0194. The molecule has 0 amide bonds. The molecule has 0 bridgehead atoms. The molecule has 1 aromatic rings. The zero-order chi connectivity index (χ0) is 18.6. The normalized spacial score (nSPS) is 25.3. The number of thiophene rings is 1. The van der Waals surface area contributed by atoms with Gasteiger partial charge in [0.25, 0.3) is 0 Å². The van der Waals surface area contributed by atoms with E-state index in [4.69, 9.17) is 4.74 Å². The second kappa shape index (κ2) is 10.6. The molecule has 3 aliphatic rings. The Kier molecular flexibility index (Phi) is 8.40. The minimum Gasteiger partial charge on any atom is -0.379 e. The fraction of sp³-hybridized carbons (Fsp3) is 0.750. The van der Waals surface area contributed by atoms with E-state index in [0.717, 1.165) is 65.0 Å². The lowest BCUT2D eigenvalue weighted by Crippen LogP contribution is -2.49. The summed E-state index contributed by atoms with van der Waals surface area (Å²) in [5, 5.41) is 5.88. The SMILES string of the molecule is CN=C(NCC(C)N1CCc2sccc2C1)N1CCC(N2CCOCC2)C1.I. The first-order chi connectivity index (χ1) is 13.2. The van der Waals surface area contributed by atoms with Gasteiger partial charge in [-0.15, -0.1) is 35.3 Å². The van der Waals surface area contributed by atoms with E-state index >= 15 is 0 Å². The molecule has 2 atom stereocenters. The van der Waals surface area contributed by atoms with Crippen molar-refractivity contribution < 1.29 is 4.74 Å². The molecule has 6 nitrogen and oxygen atoms in total. The van der Waals surface area contributed by atoms with Gasteiger partial charge in [0.15, 0.2) is 5.96 Å². The van der Waals surface area contributed by atoms with Gasteiger partial charge in [0.1, 0.15) is 0 Å². The van der Waals surface area contributed by atoms with Crippen LogP contribution < -0.4 is 5.32 Å². The average Bonchev–Trinajstić information content (AvgIpc) is 3.38. The van der Waals surface area contributed by atoms with Crippen LogP contribution in [0.15, 0.2) is 16.4 Å². The molecular formula is C20H34IN5OS. The summed E-state index contributed by atoms with van der Waals surface area (Å²) in [4.78, 5) is 13.8. The van der Waals surface area contributed by atoms with Crippen molar-refractivity contribution >= 4 is 41.3 Å². The molecule has 4 heterocycles. The Morgan fingerprint density at radius 3 is 2.93 bits per heavy atom. The number of fused-ring (bicyclic) bond motifs is 1. The predicted octanol–water partition coefficient (Wildman–Crippen LogP) is 2.09. The van der Waals surface area contributed by atoms with Gasteiger partial charge < -0.3 is 15.0 Å². The Labute approximate surface area is 190 Å². The Morgan fingerprint density at radius 1 is 1.32 bits per heavy atom. The Balaban J connectivity index is 0.00000225. The molecule has 2 saturated heterocycles. The topological polar surface area (TPSA) is 43.3 Å². The number of morpholine rings is 1. The van der Waals surface area contributed by atoms with Crippen molar-refractivity contribution in [3.63, 3.8) is 0 Å². The van der Waals surface area contributed by atoms with Crippen molar-refractivity contribution in [1.29, 1.82) is 0 Å². The maximum absolute atomic E-state index is 5.50. The van der Waals surface area contributed by atoms with Crippen LogP contribution in [-0.4, -0.2) is 92.3 Å². The molecule has 3 aliphatic heterocycles. The minimum atomic E-state index is 0. The zero-order valence-corrected chi connectivity index (χ0v) is 20.2. The van der Waals surface area contributed by atoms with E-state index in [-0.39, 0.29) is 24.0 Å². The number of hydrogen-bond donors (Lipinski definition) is 1. The average molecular weight is 519 g/mol. The molecule has 158 valence electrons. The third kappa shape index (κ3) is 5.19. The van der Waals surface area contributed by atoms with Gasteiger partial charge in [-0.05, 0) is 36.8 Å². The van der Waals surface area contributed by atoms with Crippen LogP contribution >= 0.6 is 35.3 Å². The van der Waals surface area contributed by atoms with E-state index in [1.807, 2.05) is 18.4 Å². The van der Waals surface area contributed by atoms with Crippen molar-refractivity contribution in [2.45, 2.75) is 38.4 Å². The first-order valence-corrected chi connectivity index (χ1v) is 11.2. The van der Waals surface area contributed by atoms with E-state index in [1.165, 1.54) is 18.4 Å². The van der Waals surface area contributed by atoms with Gasteiger partial charge in [-0.25, -0.2) is 0 Å². The van der Waals surface area contributed by atoms with Crippen LogP contribution in [0.2, 0.25) is 0 Å². The summed E-state index contributed by atoms with van der Waals surface area (Å²) >= 11 is 1.91. The Hall–Kier alpha value is -0.420. The van der Waals surface area contributed by atoms with Crippen LogP contribution in [0.25, 0.3) is 0 Å². The van der Waals surface area contributed by atoms with Crippen LogP contribution in [0, 0.1) is 0 Å². The summed E-state index contributed by atoms with van der Waals surface area (Å²) in [5.74, 6) is 1.06. The van der Waals surface area contributed by atoms with Gasteiger partial charge in [-0.1, -0.05) is 0 Å². The van der Waals surface area contributed by atoms with E-state index < -0.39 is 0 Å². The van der Waals surface area contributed by atoms with Crippen molar-refractivity contribution in [1.82, 2.24) is 20.0 Å². The predicted molar refractivity (Wildman–Crippen MR) is 127 cm³/mol. The Morgan fingerprint density at radius 2 is 2.14 bits per heavy atom. The molecule has 4 rings (SSSR count). The highest BCUT2D eigenvalue weighted by atomic mass is 127. The standard InChI is InChI=1S/C20H33N5OS.HI/c1-16(24-7-4-19-17(14-24)5-12-27-19)13-22-20(21-2)25-6-3-18(15-25)23-8-10-26-11-9-23;/h5,12,16,18H,3-4,6-11,13-15H2,1-2H3,(H,21,22);1H. The van der Waals surface area contributed by atoms with Gasteiger partial charge >= 0.3 is 0 Å². The first-order valence-electron chi connectivity index (χ1n) is 10.3. The van der Waals surface area contributed by atoms with Crippen molar-refractivity contribution in [2.24, 2.45) is 4.99 Å². The number of nitrogens with zero attached hydrogens (tertiary/aromatic N) is 4. The number of guanidine groups is 1. The highest BCUT2D eigenvalue weighted by Crippen LogP contribution is 2.25. The fourth-order valence-electron chi connectivity index (χ4n) is 4.52. The molecule has 28 heavy (non-hydrogen) atoms. The highest BCUT2D eigenvalue weighted by Gasteiger charge is 2.30. The molecule has 0 radical (unpaired) electrons. The first kappa shape index (κ1) is 22.3. The smallest absolute Gasteiger partial charge is 0.193 e. The molecule has 0 spiro atoms. The monoisotopic (exact) mass is 519 g/mol. The quantitative estimate of drug-likeness (QED) is 0.375. The van der Waals surface area contributed by atoms with Gasteiger partial charge in [-0.3, -0.25) is 14.8 Å². The number of hydrogen-bond acceptors (Lipinski definition) is 5. The largest absolute Gasteiger partial charge is 0.379 e. The fourth-order valence-corrected chi connectivity index (χ4v) is 5.41. The summed E-state index contributed by atoms with van der Waals surface area (Å²) in [7, 11) is 1.91. The molecule has 0 aliphatic carbocycles. The van der Waals surface area contributed by atoms with Gasteiger partial charge in [-0.2, -0.15) is 0 Å². The third-order valence-electron chi connectivity index (χ3n) is 6.25. The van der Waals surface area contributed by atoms with Gasteiger partial charge in [0.05, 0.1) is 13.2 Å². The van der Waals surface area contributed by atoms with Crippen LogP contribution in [0.5, 0.6) is 0 Å².